The molecule has 0 heterocycles. The quantitative estimate of drug-likeness (QED) is 0.667. The van der Waals surface area contributed by atoms with Gasteiger partial charge in [-0.15, -0.1) is 0 Å². The number of carbonyl (C=O) groups is 1. The lowest BCUT2D eigenvalue weighted by atomic mass is 10.2. The number of carbonyl (C=O) groups excluding carboxylic acids is 1. The van der Waals surface area contributed by atoms with E-state index in [1.54, 1.807) is 31.4 Å². The van der Waals surface area contributed by atoms with Crippen molar-refractivity contribution in [1.29, 1.82) is 0 Å². The molecular formula is C16H16N2O3S. The Labute approximate surface area is 134 Å². The highest BCUT2D eigenvalue weighted by molar-refractivity contribution is 7.80. The second-order valence-electron chi connectivity index (χ2n) is 4.32. The smallest absolute Gasteiger partial charge is 0.339 e. The van der Waals surface area contributed by atoms with Gasteiger partial charge in [0.1, 0.15) is 5.75 Å². The van der Waals surface area contributed by atoms with Gasteiger partial charge in [0.15, 0.2) is 5.11 Å². The molecule has 0 radical (unpaired) electrons. The molecule has 2 N–H and O–H groups in total. The van der Waals surface area contributed by atoms with Crippen LogP contribution in [-0.4, -0.2) is 25.3 Å². The van der Waals surface area contributed by atoms with E-state index in [4.69, 9.17) is 21.7 Å². The highest BCUT2D eigenvalue weighted by atomic mass is 32.1. The van der Waals surface area contributed by atoms with Gasteiger partial charge in [0.2, 0.25) is 0 Å². The van der Waals surface area contributed by atoms with Crippen LogP contribution in [0, 0.1) is 0 Å². The molecule has 0 unspecified atom stereocenters. The topological polar surface area (TPSA) is 59.6 Å². The highest BCUT2D eigenvalue weighted by Crippen LogP contribution is 2.23. The van der Waals surface area contributed by atoms with E-state index in [1.165, 1.54) is 7.11 Å². The molecule has 0 aliphatic heterocycles. The van der Waals surface area contributed by atoms with Crippen LogP contribution in [0.3, 0.4) is 0 Å². The Hall–Kier alpha value is -2.60. The SMILES string of the molecule is COC(=O)c1ccccc1NC(=S)Nc1ccccc1OC. The van der Waals surface area contributed by atoms with Crippen molar-refractivity contribution in [3.8, 4) is 5.75 Å². The van der Waals surface area contributed by atoms with E-state index in [1.807, 2.05) is 24.3 Å². The van der Waals surface area contributed by atoms with E-state index in [-0.39, 0.29) is 0 Å². The van der Waals surface area contributed by atoms with E-state index in [9.17, 15) is 4.79 Å². The summed E-state index contributed by atoms with van der Waals surface area (Å²) in [5.74, 6) is 0.246. The van der Waals surface area contributed by atoms with E-state index in [2.05, 4.69) is 10.6 Å². The second kappa shape index (κ2) is 7.42. The minimum Gasteiger partial charge on any atom is -0.495 e. The lowest BCUT2D eigenvalue weighted by Crippen LogP contribution is -2.21. The molecular weight excluding hydrogens is 300 g/mol. The number of methoxy groups -OCH3 is 2. The first kappa shape index (κ1) is 15.8. The fourth-order valence-electron chi connectivity index (χ4n) is 1.90. The van der Waals surface area contributed by atoms with Gasteiger partial charge in [-0.05, 0) is 36.5 Å². The number of hydrogen-bond acceptors (Lipinski definition) is 4. The average Bonchev–Trinajstić information content (AvgIpc) is 2.55. The first-order valence-corrected chi connectivity index (χ1v) is 6.95. The van der Waals surface area contributed by atoms with E-state index in [0.717, 1.165) is 5.69 Å². The number of anilines is 2. The molecule has 0 saturated heterocycles. The molecule has 0 atom stereocenters. The molecule has 0 bridgehead atoms. The summed E-state index contributed by atoms with van der Waals surface area (Å²) in [6, 6.07) is 14.4. The Kier molecular flexibility index (Phi) is 5.32. The number of para-hydroxylation sites is 3. The molecule has 0 fully saturated rings. The van der Waals surface area contributed by atoms with Crippen molar-refractivity contribution in [3.05, 3.63) is 54.1 Å². The molecule has 2 aromatic carbocycles. The normalized spacial score (nSPS) is 9.73. The largest absolute Gasteiger partial charge is 0.495 e. The maximum absolute atomic E-state index is 11.7. The Morgan fingerprint density at radius 2 is 1.55 bits per heavy atom. The third-order valence-corrected chi connectivity index (χ3v) is 3.14. The van der Waals surface area contributed by atoms with Crippen LogP contribution in [0.25, 0.3) is 0 Å². The summed E-state index contributed by atoms with van der Waals surface area (Å²) in [6.07, 6.45) is 0. The van der Waals surface area contributed by atoms with Crippen molar-refractivity contribution >= 4 is 34.7 Å². The lowest BCUT2D eigenvalue weighted by Gasteiger charge is -2.14. The number of ether oxygens (including phenoxy) is 2. The summed E-state index contributed by atoms with van der Waals surface area (Å²) in [7, 11) is 2.92. The van der Waals surface area contributed by atoms with Gasteiger partial charge in [0.05, 0.1) is 31.2 Å². The molecule has 114 valence electrons. The van der Waals surface area contributed by atoms with Crippen molar-refractivity contribution < 1.29 is 14.3 Å². The predicted octanol–water partition coefficient (Wildman–Crippen LogP) is 3.29. The zero-order valence-electron chi connectivity index (χ0n) is 12.3. The van der Waals surface area contributed by atoms with Crippen molar-refractivity contribution in [2.45, 2.75) is 0 Å². The van der Waals surface area contributed by atoms with Gasteiger partial charge in [0, 0.05) is 0 Å². The minimum absolute atomic E-state index is 0.348. The zero-order chi connectivity index (χ0) is 15.9. The molecule has 6 heteroatoms. The molecule has 0 aliphatic rings. The van der Waals surface area contributed by atoms with Gasteiger partial charge in [-0.1, -0.05) is 24.3 Å². The first-order valence-electron chi connectivity index (χ1n) is 6.54. The van der Waals surface area contributed by atoms with Crippen molar-refractivity contribution in [1.82, 2.24) is 0 Å². The molecule has 0 spiro atoms. The summed E-state index contributed by atoms with van der Waals surface area (Å²) in [4.78, 5) is 11.7. The van der Waals surface area contributed by atoms with Gasteiger partial charge in [0.25, 0.3) is 0 Å². The molecule has 2 rings (SSSR count). The van der Waals surface area contributed by atoms with E-state index >= 15 is 0 Å². The van der Waals surface area contributed by atoms with Crippen molar-refractivity contribution in [3.63, 3.8) is 0 Å². The second-order valence-corrected chi connectivity index (χ2v) is 4.72. The van der Waals surface area contributed by atoms with E-state index in [0.29, 0.717) is 22.1 Å². The minimum atomic E-state index is -0.428. The zero-order valence-corrected chi connectivity index (χ0v) is 13.1. The van der Waals surface area contributed by atoms with Crippen LogP contribution in [0.1, 0.15) is 10.4 Å². The maximum Gasteiger partial charge on any atom is 0.339 e. The highest BCUT2D eigenvalue weighted by Gasteiger charge is 2.12. The number of hydrogen-bond donors (Lipinski definition) is 2. The van der Waals surface area contributed by atoms with Gasteiger partial charge < -0.3 is 20.1 Å². The summed E-state index contributed by atoms with van der Waals surface area (Å²) < 4.78 is 10.0. The first-order chi connectivity index (χ1) is 10.7. The summed E-state index contributed by atoms with van der Waals surface area (Å²) in [5.41, 5.74) is 1.72. The number of benzene rings is 2. The molecule has 0 amide bonds. The maximum atomic E-state index is 11.7. The Morgan fingerprint density at radius 3 is 2.23 bits per heavy atom. The summed E-state index contributed by atoms with van der Waals surface area (Å²) in [5, 5.41) is 6.37. The van der Waals surface area contributed by atoms with Crippen molar-refractivity contribution in [2.24, 2.45) is 0 Å². The lowest BCUT2D eigenvalue weighted by molar-refractivity contribution is 0.0602. The molecule has 2 aromatic rings. The number of nitrogens with one attached hydrogen (secondary N) is 2. The summed E-state index contributed by atoms with van der Waals surface area (Å²) in [6.45, 7) is 0. The van der Waals surface area contributed by atoms with Gasteiger partial charge in [-0.25, -0.2) is 4.79 Å². The molecule has 0 saturated carbocycles. The fraction of sp³-hybridized carbons (Fsp3) is 0.125. The third kappa shape index (κ3) is 3.73. The Morgan fingerprint density at radius 1 is 0.955 bits per heavy atom. The van der Waals surface area contributed by atoms with Crippen molar-refractivity contribution in [2.75, 3.05) is 24.9 Å². The van der Waals surface area contributed by atoms with E-state index < -0.39 is 5.97 Å². The van der Waals surface area contributed by atoms with Gasteiger partial charge >= 0.3 is 5.97 Å². The number of esters is 1. The van der Waals surface area contributed by atoms with Gasteiger partial charge in [-0.3, -0.25) is 0 Å². The fourth-order valence-corrected chi connectivity index (χ4v) is 2.12. The Bertz CT molecular complexity index is 689. The number of rotatable bonds is 4. The van der Waals surface area contributed by atoms with Crippen LogP contribution in [-0.2, 0) is 4.74 Å². The predicted molar refractivity (Wildman–Crippen MR) is 90.6 cm³/mol. The molecule has 0 aliphatic carbocycles. The number of thiocarbonyl (C=S) groups is 1. The van der Waals surface area contributed by atoms with Crippen LogP contribution in [0.2, 0.25) is 0 Å². The monoisotopic (exact) mass is 316 g/mol. The summed E-state index contributed by atoms with van der Waals surface area (Å²) >= 11 is 5.28. The van der Waals surface area contributed by atoms with Crippen LogP contribution in [0.5, 0.6) is 5.75 Å². The molecule has 0 aromatic heterocycles. The van der Waals surface area contributed by atoms with Crippen LogP contribution < -0.4 is 15.4 Å². The molecule has 5 nitrogen and oxygen atoms in total. The van der Waals surface area contributed by atoms with Crippen LogP contribution in [0.4, 0.5) is 11.4 Å². The van der Waals surface area contributed by atoms with Gasteiger partial charge in [-0.2, -0.15) is 0 Å². The third-order valence-electron chi connectivity index (χ3n) is 2.94. The Balaban J connectivity index is 2.14. The molecule has 22 heavy (non-hydrogen) atoms. The van der Waals surface area contributed by atoms with Crippen LogP contribution >= 0.6 is 12.2 Å². The standard InChI is InChI=1S/C16H16N2O3S/c1-20-14-10-6-5-9-13(14)18-16(22)17-12-8-4-3-7-11(12)15(19)21-2/h3-10H,1-2H3,(H2,17,18,22). The van der Waals surface area contributed by atoms with Crippen LogP contribution in [0.15, 0.2) is 48.5 Å². The average molecular weight is 316 g/mol.